The molecule has 0 bridgehead atoms. The highest BCUT2D eigenvalue weighted by Crippen LogP contribution is 2.15. The van der Waals surface area contributed by atoms with Crippen LogP contribution in [0.1, 0.15) is 42.2 Å². The number of carbonyl (C=O) groups is 1. The molecule has 1 aromatic rings. The van der Waals surface area contributed by atoms with Crippen LogP contribution < -0.4 is 5.32 Å². The van der Waals surface area contributed by atoms with Gasteiger partial charge in [0.1, 0.15) is 0 Å². The van der Waals surface area contributed by atoms with E-state index in [1.165, 1.54) is 0 Å². The maximum absolute atomic E-state index is 12.2. The highest BCUT2D eigenvalue weighted by Gasteiger charge is 2.24. The smallest absolute Gasteiger partial charge is 0.257 e. The molecule has 0 saturated carbocycles. The van der Waals surface area contributed by atoms with E-state index in [0.29, 0.717) is 11.6 Å². The van der Waals surface area contributed by atoms with Crippen LogP contribution in [0.25, 0.3) is 0 Å². The summed E-state index contributed by atoms with van der Waals surface area (Å²) in [5.74, 6) is 0.107. The summed E-state index contributed by atoms with van der Waals surface area (Å²) < 4.78 is 0. The van der Waals surface area contributed by atoms with Gasteiger partial charge in [0.2, 0.25) is 0 Å². The maximum Gasteiger partial charge on any atom is 0.257 e. The van der Waals surface area contributed by atoms with Crippen molar-refractivity contribution in [3.8, 4) is 0 Å². The monoisotopic (exact) mass is 250 g/mol. The maximum atomic E-state index is 12.2. The van der Waals surface area contributed by atoms with Gasteiger partial charge >= 0.3 is 0 Å². The van der Waals surface area contributed by atoms with E-state index >= 15 is 0 Å². The van der Waals surface area contributed by atoms with E-state index in [4.69, 9.17) is 0 Å². The second-order valence-corrected chi connectivity index (χ2v) is 4.93. The van der Waals surface area contributed by atoms with Crippen molar-refractivity contribution in [1.29, 1.82) is 0 Å². The third-order valence-corrected chi connectivity index (χ3v) is 3.53. The quantitative estimate of drug-likeness (QED) is 0.847. The summed E-state index contributed by atoms with van der Waals surface area (Å²) in [6, 6.07) is 0.569. The first-order chi connectivity index (χ1) is 8.72. The first-order valence-corrected chi connectivity index (χ1v) is 6.75. The number of hydrogen-bond acceptors (Lipinski definition) is 3. The molecule has 1 amide bonds. The second kappa shape index (κ2) is 6.00. The Labute approximate surface area is 108 Å². The van der Waals surface area contributed by atoms with E-state index in [0.717, 1.165) is 44.6 Å². The molecule has 0 atom stereocenters. The average molecular weight is 250 g/mol. The van der Waals surface area contributed by atoms with Crippen molar-refractivity contribution >= 4 is 5.91 Å². The van der Waals surface area contributed by atoms with Crippen LogP contribution in [0.15, 0.2) is 6.20 Å². The molecule has 0 spiro atoms. The molecule has 0 unspecified atom stereocenters. The molecule has 2 heterocycles. The first kappa shape index (κ1) is 13.1. The van der Waals surface area contributed by atoms with Crippen LogP contribution in [0, 0.1) is 6.92 Å². The normalized spacial score (nSPS) is 17.1. The van der Waals surface area contributed by atoms with Crippen LogP contribution in [-0.2, 0) is 0 Å². The van der Waals surface area contributed by atoms with E-state index in [2.05, 4.69) is 22.4 Å². The molecule has 1 aliphatic rings. The molecule has 1 saturated heterocycles. The van der Waals surface area contributed by atoms with Crippen molar-refractivity contribution in [3.05, 3.63) is 17.5 Å². The van der Waals surface area contributed by atoms with Crippen LogP contribution in [0.2, 0.25) is 0 Å². The molecule has 100 valence electrons. The highest BCUT2D eigenvalue weighted by molar-refractivity contribution is 5.95. The van der Waals surface area contributed by atoms with Crippen molar-refractivity contribution in [2.45, 2.75) is 39.2 Å². The number of hydrogen-bond donors (Lipinski definition) is 2. The molecular weight excluding hydrogens is 228 g/mol. The van der Waals surface area contributed by atoms with Crippen LogP contribution in [0.5, 0.6) is 0 Å². The minimum Gasteiger partial charge on any atom is -0.338 e. The number of amides is 1. The van der Waals surface area contributed by atoms with Gasteiger partial charge in [-0.25, -0.2) is 0 Å². The Morgan fingerprint density at radius 1 is 1.56 bits per heavy atom. The van der Waals surface area contributed by atoms with Crippen molar-refractivity contribution in [2.75, 3.05) is 19.6 Å². The zero-order valence-corrected chi connectivity index (χ0v) is 11.2. The lowest BCUT2D eigenvalue weighted by Crippen LogP contribution is -2.45. The van der Waals surface area contributed by atoms with E-state index in [9.17, 15) is 4.79 Å². The summed E-state index contributed by atoms with van der Waals surface area (Å²) in [7, 11) is 0. The van der Waals surface area contributed by atoms with Crippen LogP contribution in [-0.4, -0.2) is 46.7 Å². The molecule has 2 rings (SSSR count). The fourth-order valence-corrected chi connectivity index (χ4v) is 2.37. The van der Waals surface area contributed by atoms with Crippen molar-refractivity contribution in [3.63, 3.8) is 0 Å². The van der Waals surface area contributed by atoms with Gasteiger partial charge in [-0.05, 0) is 32.7 Å². The van der Waals surface area contributed by atoms with Gasteiger partial charge in [-0.3, -0.25) is 9.89 Å². The molecule has 0 aliphatic carbocycles. The van der Waals surface area contributed by atoms with Gasteiger partial charge in [-0.2, -0.15) is 5.10 Å². The van der Waals surface area contributed by atoms with Gasteiger partial charge in [0, 0.05) is 24.8 Å². The topological polar surface area (TPSA) is 61.0 Å². The third kappa shape index (κ3) is 2.90. The Morgan fingerprint density at radius 2 is 2.28 bits per heavy atom. The lowest BCUT2D eigenvalue weighted by Gasteiger charge is -2.32. The molecule has 0 aromatic carbocycles. The molecule has 2 N–H and O–H groups in total. The van der Waals surface area contributed by atoms with E-state index in [1.807, 2.05) is 11.8 Å². The third-order valence-electron chi connectivity index (χ3n) is 3.53. The summed E-state index contributed by atoms with van der Waals surface area (Å²) in [6.07, 6.45) is 4.87. The molecule has 0 radical (unpaired) electrons. The standard InChI is InChI=1S/C13H22N4O/c1-3-6-14-11-4-7-17(8-5-11)13(18)12-9-15-16-10(12)2/h9,11,14H,3-8H2,1-2H3,(H,15,16). The lowest BCUT2D eigenvalue weighted by atomic mass is 10.0. The largest absolute Gasteiger partial charge is 0.338 e. The lowest BCUT2D eigenvalue weighted by molar-refractivity contribution is 0.0704. The summed E-state index contributed by atoms with van der Waals surface area (Å²) >= 11 is 0. The molecule has 1 fully saturated rings. The number of aromatic amines is 1. The Balaban J connectivity index is 1.86. The van der Waals surface area contributed by atoms with Gasteiger partial charge < -0.3 is 10.2 Å². The van der Waals surface area contributed by atoms with Gasteiger partial charge in [0.25, 0.3) is 5.91 Å². The number of piperidine rings is 1. The predicted octanol–water partition coefficient (Wildman–Crippen LogP) is 1.32. The minimum atomic E-state index is 0.107. The van der Waals surface area contributed by atoms with Crippen molar-refractivity contribution in [2.24, 2.45) is 0 Å². The van der Waals surface area contributed by atoms with E-state index < -0.39 is 0 Å². The Bertz CT molecular complexity index is 393. The minimum absolute atomic E-state index is 0.107. The van der Waals surface area contributed by atoms with Gasteiger partial charge in [0.05, 0.1) is 11.8 Å². The number of aryl methyl sites for hydroxylation is 1. The van der Waals surface area contributed by atoms with E-state index in [-0.39, 0.29) is 5.91 Å². The number of aromatic nitrogens is 2. The molecule has 1 aromatic heterocycles. The Morgan fingerprint density at radius 3 is 2.83 bits per heavy atom. The number of H-pyrrole nitrogens is 1. The SMILES string of the molecule is CCCNC1CCN(C(=O)c2cn[nH]c2C)CC1. The Kier molecular flexibility index (Phi) is 4.36. The number of nitrogens with one attached hydrogen (secondary N) is 2. The number of carbonyl (C=O) groups excluding carboxylic acids is 1. The van der Waals surface area contributed by atoms with Gasteiger partial charge in [-0.1, -0.05) is 6.92 Å². The number of likely N-dealkylation sites (tertiary alicyclic amines) is 1. The molecule has 18 heavy (non-hydrogen) atoms. The molecule has 5 nitrogen and oxygen atoms in total. The summed E-state index contributed by atoms with van der Waals surface area (Å²) in [6.45, 7) is 6.80. The van der Waals surface area contributed by atoms with Crippen LogP contribution in [0.4, 0.5) is 0 Å². The first-order valence-electron chi connectivity index (χ1n) is 6.75. The zero-order chi connectivity index (χ0) is 13.0. The van der Waals surface area contributed by atoms with Crippen LogP contribution >= 0.6 is 0 Å². The predicted molar refractivity (Wildman–Crippen MR) is 70.5 cm³/mol. The zero-order valence-electron chi connectivity index (χ0n) is 11.2. The number of nitrogens with zero attached hydrogens (tertiary/aromatic N) is 2. The van der Waals surface area contributed by atoms with Crippen molar-refractivity contribution < 1.29 is 4.79 Å². The van der Waals surface area contributed by atoms with Gasteiger partial charge in [0.15, 0.2) is 0 Å². The molecule has 5 heteroatoms. The van der Waals surface area contributed by atoms with E-state index in [1.54, 1.807) is 6.20 Å². The van der Waals surface area contributed by atoms with Crippen molar-refractivity contribution in [1.82, 2.24) is 20.4 Å². The fraction of sp³-hybridized carbons (Fsp3) is 0.692. The summed E-state index contributed by atoms with van der Waals surface area (Å²) in [5, 5.41) is 10.2. The van der Waals surface area contributed by atoms with Gasteiger partial charge in [-0.15, -0.1) is 0 Å². The Hall–Kier alpha value is -1.36. The summed E-state index contributed by atoms with van der Waals surface area (Å²) in [5.41, 5.74) is 1.56. The highest BCUT2D eigenvalue weighted by atomic mass is 16.2. The van der Waals surface area contributed by atoms with Crippen LogP contribution in [0.3, 0.4) is 0 Å². The average Bonchev–Trinajstić information content (AvgIpc) is 2.82. The number of rotatable bonds is 4. The summed E-state index contributed by atoms with van der Waals surface area (Å²) in [4.78, 5) is 14.2. The molecular formula is C13H22N4O. The molecule has 1 aliphatic heterocycles. The fourth-order valence-electron chi connectivity index (χ4n) is 2.37. The second-order valence-electron chi connectivity index (χ2n) is 4.93.